The van der Waals surface area contributed by atoms with Crippen LogP contribution in [0.4, 0.5) is 0 Å². The molecule has 8 nitrogen and oxygen atoms in total. The summed E-state index contributed by atoms with van der Waals surface area (Å²) in [6, 6.07) is 14.8. The number of aromatic nitrogens is 2. The minimum atomic E-state index is -0.913. The molecular weight excluding hydrogens is 372 g/mol. The first-order valence-corrected chi connectivity index (χ1v) is 9.18. The van der Waals surface area contributed by atoms with Gasteiger partial charge in [0.1, 0.15) is 6.26 Å². The van der Waals surface area contributed by atoms with Gasteiger partial charge in [0, 0.05) is 30.7 Å². The molecule has 0 spiro atoms. The molecular formula is C21H22N4O4. The van der Waals surface area contributed by atoms with Gasteiger partial charge in [-0.15, -0.1) is 0 Å². The number of hydrogen-bond donors (Lipinski definition) is 3. The second kappa shape index (κ2) is 9.61. The molecule has 0 aliphatic rings. The maximum atomic E-state index is 12.4. The fourth-order valence-corrected chi connectivity index (χ4v) is 3.00. The number of benzene rings is 1. The van der Waals surface area contributed by atoms with Crippen molar-refractivity contribution >= 4 is 11.9 Å². The first-order valence-electron chi connectivity index (χ1n) is 9.18. The van der Waals surface area contributed by atoms with Gasteiger partial charge in [-0.05, 0) is 17.7 Å². The predicted molar refractivity (Wildman–Crippen MR) is 105 cm³/mol. The largest absolute Gasteiger partial charge is 0.481 e. The molecule has 2 atom stereocenters. The normalized spacial score (nSPS) is 12.9. The summed E-state index contributed by atoms with van der Waals surface area (Å²) in [4.78, 5) is 32.0. The van der Waals surface area contributed by atoms with Crippen LogP contribution in [0.5, 0.6) is 0 Å². The highest BCUT2D eigenvalue weighted by atomic mass is 16.4. The van der Waals surface area contributed by atoms with Crippen LogP contribution in [0, 0.1) is 0 Å². The van der Waals surface area contributed by atoms with Crippen LogP contribution in [0.1, 0.15) is 40.0 Å². The third kappa shape index (κ3) is 5.98. The monoisotopic (exact) mass is 394 g/mol. The van der Waals surface area contributed by atoms with Crippen molar-refractivity contribution in [2.24, 2.45) is 5.73 Å². The Bertz CT molecular complexity index is 944. The molecule has 0 radical (unpaired) electrons. The third-order valence-electron chi connectivity index (χ3n) is 4.37. The second-order valence-corrected chi connectivity index (χ2v) is 6.64. The molecule has 0 saturated heterocycles. The molecule has 150 valence electrons. The molecule has 1 aromatic carbocycles. The van der Waals surface area contributed by atoms with Crippen molar-refractivity contribution in [3.05, 3.63) is 83.8 Å². The van der Waals surface area contributed by atoms with Crippen LogP contribution in [0.2, 0.25) is 0 Å². The Morgan fingerprint density at radius 2 is 1.86 bits per heavy atom. The van der Waals surface area contributed by atoms with Crippen molar-refractivity contribution in [3.63, 3.8) is 0 Å². The summed E-state index contributed by atoms with van der Waals surface area (Å²) in [7, 11) is 0. The minimum Gasteiger partial charge on any atom is -0.481 e. The van der Waals surface area contributed by atoms with E-state index in [9.17, 15) is 14.7 Å². The van der Waals surface area contributed by atoms with Gasteiger partial charge in [-0.1, -0.05) is 36.4 Å². The van der Waals surface area contributed by atoms with Gasteiger partial charge in [0.25, 0.3) is 5.91 Å². The highest BCUT2D eigenvalue weighted by molar-refractivity contribution is 5.92. The van der Waals surface area contributed by atoms with Crippen LogP contribution in [-0.4, -0.2) is 33.1 Å². The number of hydrogen-bond acceptors (Lipinski definition) is 6. The van der Waals surface area contributed by atoms with E-state index < -0.39 is 18.0 Å². The smallest absolute Gasteiger partial charge is 0.303 e. The Morgan fingerprint density at radius 1 is 1.10 bits per heavy atom. The quantitative estimate of drug-likeness (QED) is 0.474. The molecule has 0 bridgehead atoms. The number of nitrogens with two attached hydrogens (primary N) is 1. The molecule has 4 N–H and O–H groups in total. The lowest BCUT2D eigenvalue weighted by molar-refractivity contribution is -0.137. The molecule has 3 aromatic rings. The highest BCUT2D eigenvalue weighted by Gasteiger charge is 2.21. The number of aliphatic carboxylic acids is 1. The lowest BCUT2D eigenvalue weighted by Gasteiger charge is -2.13. The maximum Gasteiger partial charge on any atom is 0.303 e. The number of oxazole rings is 1. The molecule has 0 fully saturated rings. The fraction of sp³-hybridized carbons (Fsp3) is 0.238. The van der Waals surface area contributed by atoms with Crippen molar-refractivity contribution in [2.75, 3.05) is 0 Å². The Labute approximate surface area is 167 Å². The molecule has 1 amide bonds. The van der Waals surface area contributed by atoms with Gasteiger partial charge in [-0.3, -0.25) is 14.6 Å². The van der Waals surface area contributed by atoms with E-state index in [0.717, 1.165) is 11.3 Å². The van der Waals surface area contributed by atoms with Crippen LogP contribution in [0.15, 0.2) is 65.4 Å². The van der Waals surface area contributed by atoms with Crippen molar-refractivity contribution < 1.29 is 19.1 Å². The van der Waals surface area contributed by atoms with Gasteiger partial charge in [-0.2, -0.15) is 0 Å². The van der Waals surface area contributed by atoms with Gasteiger partial charge in [0.15, 0.2) is 11.6 Å². The van der Waals surface area contributed by atoms with E-state index in [1.165, 1.54) is 6.26 Å². The number of rotatable bonds is 9. The van der Waals surface area contributed by atoms with E-state index in [0.29, 0.717) is 12.3 Å². The van der Waals surface area contributed by atoms with Gasteiger partial charge in [0.05, 0.1) is 12.6 Å². The molecule has 0 saturated carbocycles. The topological polar surface area (TPSA) is 131 Å². The summed E-state index contributed by atoms with van der Waals surface area (Å²) in [6.45, 7) is 0. The van der Waals surface area contributed by atoms with E-state index in [1.807, 2.05) is 42.5 Å². The van der Waals surface area contributed by atoms with Crippen LogP contribution < -0.4 is 11.1 Å². The predicted octanol–water partition coefficient (Wildman–Crippen LogP) is 2.13. The number of carboxylic acid groups (broad SMARTS) is 1. The summed E-state index contributed by atoms with van der Waals surface area (Å²) in [6.07, 6.45) is 2.87. The Hall–Kier alpha value is -3.52. The van der Waals surface area contributed by atoms with Crippen molar-refractivity contribution in [1.29, 1.82) is 0 Å². The minimum absolute atomic E-state index is 0.0666. The van der Waals surface area contributed by atoms with Gasteiger partial charge in [0.2, 0.25) is 0 Å². The maximum absolute atomic E-state index is 12.4. The van der Waals surface area contributed by atoms with Crippen molar-refractivity contribution in [1.82, 2.24) is 15.3 Å². The van der Waals surface area contributed by atoms with Crippen molar-refractivity contribution in [2.45, 2.75) is 31.3 Å². The summed E-state index contributed by atoms with van der Waals surface area (Å²) in [5, 5.41) is 11.9. The van der Waals surface area contributed by atoms with Crippen LogP contribution in [0.25, 0.3) is 0 Å². The van der Waals surface area contributed by atoms with Crippen LogP contribution >= 0.6 is 0 Å². The van der Waals surface area contributed by atoms with Gasteiger partial charge < -0.3 is 20.6 Å². The Morgan fingerprint density at radius 3 is 2.55 bits per heavy atom. The van der Waals surface area contributed by atoms with E-state index in [2.05, 4.69) is 15.3 Å². The lowest BCUT2D eigenvalue weighted by Crippen LogP contribution is -2.43. The second-order valence-electron chi connectivity index (χ2n) is 6.64. The number of pyridine rings is 1. The summed E-state index contributed by atoms with van der Waals surface area (Å²) in [5.41, 5.74) is 7.70. The number of amides is 1. The molecule has 2 aromatic heterocycles. The SMILES string of the molecule is NC(Cc1ccccn1)NC(=O)c1coc(CC(CC(=O)O)c2ccccc2)n1. The standard InChI is InChI=1S/C21H22N4O4/c22-18(12-16-8-4-5-9-23-16)25-21(28)17-13-29-19(24-17)10-15(11-20(26)27)14-6-2-1-3-7-14/h1-9,13,15,18H,10-12,22H2,(H,25,28)(H,26,27). The van der Waals surface area contributed by atoms with E-state index >= 15 is 0 Å². The average Bonchev–Trinajstić information content (AvgIpc) is 3.17. The summed E-state index contributed by atoms with van der Waals surface area (Å²) in [5.74, 6) is -1.39. The van der Waals surface area contributed by atoms with Gasteiger partial charge >= 0.3 is 5.97 Å². The average molecular weight is 394 g/mol. The molecule has 2 unspecified atom stereocenters. The lowest BCUT2D eigenvalue weighted by atomic mass is 9.92. The molecule has 0 aliphatic heterocycles. The highest BCUT2D eigenvalue weighted by Crippen LogP contribution is 2.24. The van der Waals surface area contributed by atoms with Crippen molar-refractivity contribution in [3.8, 4) is 0 Å². The number of nitrogens with zero attached hydrogens (tertiary/aromatic N) is 2. The number of carboxylic acids is 1. The zero-order valence-corrected chi connectivity index (χ0v) is 15.7. The van der Waals surface area contributed by atoms with Crippen LogP contribution in [0.3, 0.4) is 0 Å². The zero-order valence-electron chi connectivity index (χ0n) is 15.7. The first kappa shape index (κ1) is 20.2. The Kier molecular flexibility index (Phi) is 6.70. The Balaban J connectivity index is 1.62. The zero-order chi connectivity index (χ0) is 20.6. The van der Waals surface area contributed by atoms with E-state index in [-0.39, 0.29) is 24.5 Å². The van der Waals surface area contributed by atoms with Crippen LogP contribution in [-0.2, 0) is 17.6 Å². The molecule has 3 rings (SSSR count). The third-order valence-corrected chi connectivity index (χ3v) is 4.37. The van der Waals surface area contributed by atoms with Gasteiger partial charge in [-0.25, -0.2) is 4.98 Å². The number of carbonyl (C=O) groups excluding carboxylic acids is 1. The molecule has 2 heterocycles. The number of nitrogens with one attached hydrogen (secondary N) is 1. The summed E-state index contributed by atoms with van der Waals surface area (Å²) >= 11 is 0. The molecule has 0 aliphatic carbocycles. The molecule has 8 heteroatoms. The number of carbonyl (C=O) groups is 2. The summed E-state index contributed by atoms with van der Waals surface area (Å²) < 4.78 is 5.40. The first-order chi connectivity index (χ1) is 14.0. The van der Waals surface area contributed by atoms with E-state index in [1.54, 1.807) is 12.3 Å². The van der Waals surface area contributed by atoms with E-state index in [4.69, 9.17) is 10.2 Å². The fourth-order valence-electron chi connectivity index (χ4n) is 3.00. The molecule has 29 heavy (non-hydrogen) atoms.